The molecule has 3 aromatic rings. The summed E-state index contributed by atoms with van der Waals surface area (Å²) in [7, 11) is 0. The highest BCUT2D eigenvalue weighted by Gasteiger charge is 2.19. The number of fused-ring (bicyclic) bond motifs is 1. The van der Waals surface area contributed by atoms with Crippen LogP contribution in [0.5, 0.6) is 0 Å². The molecule has 0 amide bonds. The smallest absolute Gasteiger partial charge is 0.328 e. The number of rotatable bonds is 3. The quantitative estimate of drug-likeness (QED) is 0.806. The summed E-state index contributed by atoms with van der Waals surface area (Å²) in [6, 6.07) is 15.5. The van der Waals surface area contributed by atoms with Gasteiger partial charge in [-0.2, -0.15) is 5.10 Å². The second kappa shape index (κ2) is 5.44. The molecular formula is C17H14N2O3. The Hall–Kier alpha value is -2.95. The first-order chi connectivity index (χ1) is 10.6. The minimum atomic E-state index is -1.09. The van der Waals surface area contributed by atoms with Crippen LogP contribution in [0.1, 0.15) is 13.0 Å². The van der Waals surface area contributed by atoms with Gasteiger partial charge in [0.2, 0.25) is 0 Å². The number of carboxylic acids is 1. The lowest BCUT2D eigenvalue weighted by molar-refractivity contribution is -0.140. The minimum Gasteiger partial charge on any atom is -0.480 e. The van der Waals surface area contributed by atoms with E-state index >= 15 is 0 Å². The van der Waals surface area contributed by atoms with Crippen molar-refractivity contribution in [3.63, 3.8) is 0 Å². The van der Waals surface area contributed by atoms with Crippen LogP contribution in [0.4, 0.5) is 0 Å². The largest absolute Gasteiger partial charge is 0.480 e. The summed E-state index contributed by atoms with van der Waals surface area (Å²) in [4.78, 5) is 23.7. The van der Waals surface area contributed by atoms with Gasteiger partial charge in [0.15, 0.2) is 6.04 Å². The fraction of sp³-hybridized carbons (Fsp3) is 0.118. The summed E-state index contributed by atoms with van der Waals surface area (Å²) in [5.74, 6) is -1.09. The molecule has 1 atom stereocenters. The molecule has 0 radical (unpaired) electrons. The molecule has 110 valence electrons. The molecule has 0 aliphatic rings. The van der Waals surface area contributed by atoms with Gasteiger partial charge in [-0.25, -0.2) is 9.48 Å². The van der Waals surface area contributed by atoms with E-state index in [1.807, 2.05) is 42.5 Å². The SMILES string of the molecule is CC(C(=O)O)n1nc(-c2ccccc2)c2ccccc2c1=O. The third-order valence-corrected chi connectivity index (χ3v) is 3.60. The minimum absolute atomic E-state index is 0.398. The maximum Gasteiger partial charge on any atom is 0.328 e. The van der Waals surface area contributed by atoms with Crippen LogP contribution in [-0.4, -0.2) is 20.9 Å². The van der Waals surface area contributed by atoms with Crippen LogP contribution in [0.2, 0.25) is 0 Å². The first-order valence-electron chi connectivity index (χ1n) is 6.89. The van der Waals surface area contributed by atoms with E-state index in [0.717, 1.165) is 10.2 Å². The standard InChI is InChI=1S/C17H14N2O3/c1-11(17(21)22)19-16(20)14-10-6-5-9-13(14)15(18-19)12-7-3-2-4-8-12/h2-11H,1H3,(H,21,22). The molecule has 0 saturated carbocycles. The predicted molar refractivity (Wildman–Crippen MR) is 83.8 cm³/mol. The van der Waals surface area contributed by atoms with Gasteiger partial charge in [-0.15, -0.1) is 0 Å². The molecule has 5 heteroatoms. The molecule has 0 aliphatic heterocycles. The molecule has 1 unspecified atom stereocenters. The average molecular weight is 294 g/mol. The summed E-state index contributed by atoms with van der Waals surface area (Å²) in [5, 5.41) is 14.7. The zero-order valence-corrected chi connectivity index (χ0v) is 11.9. The topological polar surface area (TPSA) is 72.2 Å². The number of aliphatic carboxylic acids is 1. The molecule has 2 aromatic carbocycles. The van der Waals surface area contributed by atoms with E-state index in [9.17, 15) is 14.7 Å². The second-order valence-corrected chi connectivity index (χ2v) is 5.02. The molecule has 0 bridgehead atoms. The second-order valence-electron chi connectivity index (χ2n) is 5.02. The van der Waals surface area contributed by atoms with Gasteiger partial charge in [-0.05, 0) is 13.0 Å². The van der Waals surface area contributed by atoms with E-state index in [0.29, 0.717) is 16.5 Å². The third kappa shape index (κ3) is 2.26. The van der Waals surface area contributed by atoms with Gasteiger partial charge in [0.05, 0.1) is 11.1 Å². The van der Waals surface area contributed by atoms with Crippen LogP contribution in [0.25, 0.3) is 22.0 Å². The fourth-order valence-corrected chi connectivity index (χ4v) is 2.38. The van der Waals surface area contributed by atoms with Gasteiger partial charge in [-0.1, -0.05) is 48.5 Å². The van der Waals surface area contributed by atoms with E-state index in [4.69, 9.17) is 0 Å². The van der Waals surface area contributed by atoms with Crippen molar-refractivity contribution in [3.05, 3.63) is 65.0 Å². The first kappa shape index (κ1) is 14.0. The summed E-state index contributed by atoms with van der Waals surface area (Å²) in [5.41, 5.74) is 1.04. The Morgan fingerprint density at radius 3 is 2.27 bits per heavy atom. The lowest BCUT2D eigenvalue weighted by atomic mass is 10.1. The highest BCUT2D eigenvalue weighted by molar-refractivity contribution is 5.93. The highest BCUT2D eigenvalue weighted by Crippen LogP contribution is 2.24. The average Bonchev–Trinajstić information content (AvgIpc) is 2.55. The van der Waals surface area contributed by atoms with Crippen molar-refractivity contribution in [2.24, 2.45) is 0 Å². The monoisotopic (exact) mass is 294 g/mol. The predicted octanol–water partition coefficient (Wildman–Crippen LogP) is 2.71. The molecule has 1 aromatic heterocycles. The number of carboxylic acid groups (broad SMARTS) is 1. The fourth-order valence-electron chi connectivity index (χ4n) is 2.38. The van der Waals surface area contributed by atoms with Crippen molar-refractivity contribution in [2.75, 3.05) is 0 Å². The number of hydrogen-bond donors (Lipinski definition) is 1. The highest BCUT2D eigenvalue weighted by atomic mass is 16.4. The molecule has 22 heavy (non-hydrogen) atoms. The van der Waals surface area contributed by atoms with Gasteiger partial charge in [0.1, 0.15) is 0 Å². The number of benzene rings is 2. The van der Waals surface area contributed by atoms with Crippen molar-refractivity contribution < 1.29 is 9.90 Å². The Kier molecular flexibility index (Phi) is 3.47. The van der Waals surface area contributed by atoms with E-state index in [2.05, 4.69) is 5.10 Å². The van der Waals surface area contributed by atoms with Gasteiger partial charge in [0.25, 0.3) is 5.56 Å². The molecule has 0 saturated heterocycles. The maximum absolute atomic E-state index is 12.5. The molecule has 1 N–H and O–H groups in total. The Morgan fingerprint density at radius 1 is 1.05 bits per heavy atom. The number of carbonyl (C=O) groups is 1. The van der Waals surface area contributed by atoms with Gasteiger partial charge < -0.3 is 5.11 Å². The lowest BCUT2D eigenvalue weighted by Gasteiger charge is -2.13. The van der Waals surface area contributed by atoms with E-state index in [-0.39, 0.29) is 0 Å². The Morgan fingerprint density at radius 2 is 1.64 bits per heavy atom. The van der Waals surface area contributed by atoms with Crippen LogP contribution < -0.4 is 5.56 Å². The van der Waals surface area contributed by atoms with Crippen LogP contribution in [0, 0.1) is 0 Å². The molecule has 0 fully saturated rings. The van der Waals surface area contributed by atoms with Gasteiger partial charge in [-0.3, -0.25) is 4.79 Å². The zero-order chi connectivity index (χ0) is 15.7. The Bertz CT molecular complexity index is 901. The third-order valence-electron chi connectivity index (χ3n) is 3.60. The van der Waals surface area contributed by atoms with Crippen molar-refractivity contribution in [1.82, 2.24) is 9.78 Å². The zero-order valence-electron chi connectivity index (χ0n) is 11.9. The maximum atomic E-state index is 12.5. The van der Waals surface area contributed by atoms with E-state index in [1.165, 1.54) is 6.92 Å². The molecule has 0 spiro atoms. The summed E-state index contributed by atoms with van der Waals surface area (Å²) in [6.07, 6.45) is 0. The van der Waals surface area contributed by atoms with Crippen molar-refractivity contribution in [3.8, 4) is 11.3 Å². The van der Waals surface area contributed by atoms with Crippen LogP contribution in [0.15, 0.2) is 59.4 Å². The first-order valence-corrected chi connectivity index (χ1v) is 6.89. The Balaban J connectivity index is 2.39. The molecular weight excluding hydrogens is 280 g/mol. The number of aromatic nitrogens is 2. The Labute approximate surface area is 126 Å². The van der Waals surface area contributed by atoms with Crippen molar-refractivity contribution >= 4 is 16.7 Å². The molecule has 5 nitrogen and oxygen atoms in total. The van der Waals surface area contributed by atoms with Gasteiger partial charge >= 0.3 is 5.97 Å². The normalized spacial score (nSPS) is 12.2. The lowest BCUT2D eigenvalue weighted by Crippen LogP contribution is -2.30. The summed E-state index contributed by atoms with van der Waals surface area (Å²) < 4.78 is 1.03. The molecule has 3 rings (SSSR count). The molecule has 1 heterocycles. The van der Waals surface area contributed by atoms with Crippen molar-refractivity contribution in [2.45, 2.75) is 13.0 Å². The number of nitrogens with zero attached hydrogens (tertiary/aromatic N) is 2. The van der Waals surface area contributed by atoms with E-state index in [1.54, 1.807) is 12.1 Å². The van der Waals surface area contributed by atoms with Crippen LogP contribution >= 0.6 is 0 Å². The molecule has 0 aliphatic carbocycles. The summed E-state index contributed by atoms with van der Waals surface area (Å²) in [6.45, 7) is 1.44. The van der Waals surface area contributed by atoms with Crippen LogP contribution in [-0.2, 0) is 4.79 Å². The van der Waals surface area contributed by atoms with Crippen LogP contribution in [0.3, 0.4) is 0 Å². The van der Waals surface area contributed by atoms with E-state index < -0.39 is 17.6 Å². The van der Waals surface area contributed by atoms with Crippen molar-refractivity contribution in [1.29, 1.82) is 0 Å². The van der Waals surface area contributed by atoms with Gasteiger partial charge in [0, 0.05) is 10.9 Å². The summed E-state index contributed by atoms with van der Waals surface area (Å²) >= 11 is 0. The number of hydrogen-bond acceptors (Lipinski definition) is 3.